The molecule has 6 aromatic heterocycles. The van der Waals surface area contributed by atoms with E-state index in [4.69, 9.17) is 0 Å². The summed E-state index contributed by atoms with van der Waals surface area (Å²) >= 11 is 0. The molecule has 33 heteroatoms. The number of imidazole rings is 3. The normalized spacial score (nSPS) is 19.4. The van der Waals surface area contributed by atoms with E-state index >= 15 is 0 Å². The lowest BCUT2D eigenvalue weighted by atomic mass is 9.87. The van der Waals surface area contributed by atoms with Crippen LogP contribution >= 0.6 is 0 Å². The van der Waals surface area contributed by atoms with Crippen molar-refractivity contribution in [1.82, 2.24) is 74.1 Å². The van der Waals surface area contributed by atoms with Gasteiger partial charge in [-0.3, -0.25) is 14.7 Å². The van der Waals surface area contributed by atoms with Crippen LogP contribution < -0.4 is 41.3 Å². The number of aromatic nitrogens is 12. The lowest BCUT2D eigenvalue weighted by Crippen LogP contribution is -2.48. The Morgan fingerprint density at radius 3 is 1.06 bits per heavy atom. The second kappa shape index (κ2) is 28.5. The number of nitrogens with one attached hydrogen (secondary N) is 5. The number of hydrogen-bond acceptors (Lipinski definition) is 15. The maximum atomic E-state index is 13.1. The molecule has 2 saturated carbocycles. The molecule has 6 amide bonds. The van der Waals surface area contributed by atoms with Gasteiger partial charge in [-0.2, -0.15) is 54.5 Å². The Labute approximate surface area is 605 Å². The SMILES string of the molecule is CC(C)[C@@H]1N(c2ccnc(N[C@@H](C)c3cn(-c4ccc(C(F)(F)F)cc4)cn3)n2)C(=O)N(C)C12CC2.CC(C)[C@@H]1N(c2ccnc(N[C@@H](C)c3cn(-c4ccc(C(F)(F)F)cc4)cn3)n2)C(=O)NC1(C)C.CC(C)[C@@H]1N(c2ccnc(N[C@@H](C)c3cn(-c4ccc(C(F)(F)F)cc4)cn3)n2)C(=O)NC12CC2. The van der Waals surface area contributed by atoms with Crippen LogP contribution in [0.1, 0.15) is 154 Å². The average molecular weight is 1470 g/mol. The van der Waals surface area contributed by atoms with E-state index in [0.29, 0.717) is 69.4 Å². The van der Waals surface area contributed by atoms with E-state index in [1.54, 1.807) is 96.4 Å². The standard InChI is InChI=1S/C25H28F3N7O.C24H26F3N7O.C24H28F3N7O/c1-15(2)21-24(10-11-24)33(4)23(36)35(21)20-9-12-29-22(32-20)31-16(3)19-13-34(14-30-19)18-7-5-17(6-8-18)25(26,27)28;1-14(2)20-23(9-10-23)32-22(35)34(20)19-8-11-28-21(31-19)30-15(3)18-12-33(13-29-18)17-6-4-16(5-7-17)24(25,26)27;1-14(2)20-23(4,5)32-22(35)34(20)19-10-11-28-21(31-19)30-15(3)18-12-33(13-29-18)17-8-6-16(7-9-17)24(25,26)27/h5-9,12-16,21H,10-11H2,1-4H3,(H,29,31,32);4-8,11-15,20H,9-10H2,1-3H3,(H,32,35)(H,28,30,31);6-15,20H,1-5H3,(H,32,35)(H,28,30,31)/t16-,21-;2*15-,20-/m000/s1. The van der Waals surface area contributed by atoms with E-state index < -0.39 is 40.8 Å². The predicted molar refractivity (Wildman–Crippen MR) is 379 cm³/mol. The number of benzene rings is 3. The van der Waals surface area contributed by atoms with Gasteiger partial charge in [0, 0.05) is 61.3 Å². The molecule has 560 valence electrons. The van der Waals surface area contributed by atoms with E-state index in [2.05, 4.69) is 113 Å². The molecule has 0 radical (unpaired) electrons. The van der Waals surface area contributed by atoms with Crippen molar-refractivity contribution >= 4 is 53.4 Å². The van der Waals surface area contributed by atoms with Crippen molar-refractivity contribution in [2.24, 2.45) is 17.8 Å². The zero-order chi connectivity index (χ0) is 76.3. The number of rotatable bonds is 18. The third-order valence-corrected chi connectivity index (χ3v) is 19.8. The molecule has 3 saturated heterocycles. The van der Waals surface area contributed by atoms with E-state index in [-0.39, 0.29) is 83.2 Å². The number of likely N-dealkylation sites (N-methyl/N-ethyl adjacent to an activating group) is 1. The van der Waals surface area contributed by atoms with Crippen LogP contribution in [-0.2, 0) is 18.5 Å². The highest BCUT2D eigenvalue weighted by Gasteiger charge is 2.64. The van der Waals surface area contributed by atoms with Crippen molar-refractivity contribution in [3.63, 3.8) is 0 Å². The van der Waals surface area contributed by atoms with Crippen LogP contribution in [0, 0.1) is 17.8 Å². The van der Waals surface area contributed by atoms with Crippen LogP contribution in [0.4, 0.5) is 89.2 Å². The summed E-state index contributed by atoms with van der Waals surface area (Å²) in [6.45, 7) is 22.2. The van der Waals surface area contributed by atoms with Crippen molar-refractivity contribution in [3.8, 4) is 17.1 Å². The maximum absolute atomic E-state index is 13.1. The van der Waals surface area contributed by atoms with E-state index in [9.17, 15) is 53.9 Å². The molecule has 5 aliphatic rings. The average Bonchev–Trinajstić information content (AvgIpc) is 1.55. The molecule has 106 heavy (non-hydrogen) atoms. The highest BCUT2D eigenvalue weighted by Crippen LogP contribution is 2.54. The van der Waals surface area contributed by atoms with Gasteiger partial charge < -0.3 is 45.2 Å². The van der Waals surface area contributed by atoms with Crippen LogP contribution in [0.5, 0.6) is 0 Å². The van der Waals surface area contributed by atoms with Crippen LogP contribution in [0.3, 0.4) is 0 Å². The molecule has 14 rings (SSSR count). The summed E-state index contributed by atoms with van der Waals surface area (Å²) < 4.78 is 120. The summed E-state index contributed by atoms with van der Waals surface area (Å²) in [6, 6.07) is 18.5. The minimum atomic E-state index is -4.38. The van der Waals surface area contributed by atoms with Gasteiger partial charge in [-0.1, -0.05) is 41.5 Å². The molecule has 9 heterocycles. The summed E-state index contributed by atoms with van der Waals surface area (Å²) in [5.74, 6) is 3.34. The third-order valence-electron chi connectivity index (χ3n) is 19.8. The molecule has 6 atom stereocenters. The van der Waals surface area contributed by atoms with Crippen molar-refractivity contribution in [2.75, 3.05) is 37.7 Å². The molecule has 0 unspecified atom stereocenters. The van der Waals surface area contributed by atoms with Crippen molar-refractivity contribution in [3.05, 3.63) is 181 Å². The number of halogens is 9. The Bertz CT molecular complexity index is 4450. The Morgan fingerprint density at radius 2 is 0.745 bits per heavy atom. The first-order valence-electron chi connectivity index (χ1n) is 34.7. The highest BCUT2D eigenvalue weighted by molar-refractivity contribution is 5.97. The van der Waals surface area contributed by atoms with Crippen molar-refractivity contribution in [1.29, 1.82) is 0 Å². The Hall–Kier alpha value is -10.9. The van der Waals surface area contributed by atoms with Gasteiger partial charge >= 0.3 is 36.6 Å². The van der Waals surface area contributed by atoms with Gasteiger partial charge in [0.15, 0.2) is 0 Å². The molecule has 5 N–H and O–H groups in total. The number of alkyl halides is 9. The van der Waals surface area contributed by atoms with Crippen molar-refractivity contribution < 1.29 is 53.9 Å². The molecule has 3 aliphatic heterocycles. The fraction of sp³-hybridized carbons (Fsp3) is 0.425. The molecule has 24 nitrogen and oxygen atoms in total. The summed E-state index contributed by atoms with van der Waals surface area (Å²) in [6.07, 6.45) is 5.45. The third kappa shape index (κ3) is 15.5. The van der Waals surface area contributed by atoms with Crippen LogP contribution in [0.2, 0.25) is 0 Å². The Kier molecular flexibility index (Phi) is 20.1. The van der Waals surface area contributed by atoms with Gasteiger partial charge in [0.25, 0.3) is 0 Å². The number of urea groups is 3. The molecular formula is C73H82F9N21O3. The second-order valence-corrected chi connectivity index (χ2v) is 28.9. The molecule has 3 aromatic carbocycles. The molecule has 2 aliphatic carbocycles. The minimum Gasteiger partial charge on any atom is -0.346 e. The first-order chi connectivity index (χ1) is 49.9. The Balaban J connectivity index is 0.000000149. The van der Waals surface area contributed by atoms with Gasteiger partial charge in [0.05, 0.1) is 106 Å². The van der Waals surface area contributed by atoms with Gasteiger partial charge in [-0.25, -0.2) is 44.3 Å². The summed E-state index contributed by atoms with van der Waals surface area (Å²) in [5, 5.41) is 15.8. The number of hydrogen-bond donors (Lipinski definition) is 5. The van der Waals surface area contributed by atoms with Crippen LogP contribution in [-0.4, -0.2) is 123 Å². The predicted octanol–water partition coefficient (Wildman–Crippen LogP) is 15.4. The van der Waals surface area contributed by atoms with E-state index in [1.807, 2.05) is 46.6 Å². The minimum absolute atomic E-state index is 0.0228. The molecule has 2 spiro atoms. The van der Waals surface area contributed by atoms with Gasteiger partial charge in [0.1, 0.15) is 17.5 Å². The molecule has 9 aromatic rings. The summed E-state index contributed by atoms with van der Waals surface area (Å²) in [7, 11) is 1.86. The number of carbonyl (C=O) groups is 3. The summed E-state index contributed by atoms with van der Waals surface area (Å²) in [4.78, 5) is 85.5. The van der Waals surface area contributed by atoms with Crippen LogP contribution in [0.15, 0.2) is 147 Å². The van der Waals surface area contributed by atoms with E-state index in [0.717, 1.165) is 62.1 Å². The van der Waals surface area contributed by atoms with Crippen molar-refractivity contribution in [2.45, 2.75) is 173 Å². The smallest absolute Gasteiger partial charge is 0.346 e. The largest absolute Gasteiger partial charge is 0.416 e. The summed E-state index contributed by atoms with van der Waals surface area (Å²) in [5.41, 5.74) is 0.863. The topological polar surface area (TPSA) is 255 Å². The lowest BCUT2D eigenvalue weighted by molar-refractivity contribution is -0.138. The molecule has 5 fully saturated rings. The van der Waals surface area contributed by atoms with Gasteiger partial charge in [0.2, 0.25) is 17.8 Å². The van der Waals surface area contributed by atoms with E-state index in [1.165, 1.54) is 42.7 Å². The molecule has 0 bridgehead atoms. The first-order valence-corrected chi connectivity index (χ1v) is 34.7. The monoisotopic (exact) mass is 1470 g/mol. The van der Waals surface area contributed by atoms with Gasteiger partial charge in [-0.05, 0) is 169 Å². The zero-order valence-corrected chi connectivity index (χ0v) is 60.2. The maximum Gasteiger partial charge on any atom is 0.416 e. The quantitative estimate of drug-likeness (QED) is 0.0501. The van der Waals surface area contributed by atoms with Gasteiger partial charge in [-0.15, -0.1) is 0 Å². The second-order valence-electron chi connectivity index (χ2n) is 28.9. The fourth-order valence-corrected chi connectivity index (χ4v) is 14.6. The number of carbonyl (C=O) groups excluding carboxylic acids is 3. The number of nitrogens with zero attached hydrogens (tertiary/aromatic N) is 16. The zero-order valence-electron chi connectivity index (χ0n) is 60.2. The first kappa shape index (κ1) is 74.8. The number of anilines is 6. The van der Waals surface area contributed by atoms with Crippen LogP contribution in [0.25, 0.3) is 17.1 Å². The fourth-order valence-electron chi connectivity index (χ4n) is 14.6. The Morgan fingerprint density at radius 1 is 0.425 bits per heavy atom. The molecular weight excluding hydrogens is 1390 g/mol. The highest BCUT2D eigenvalue weighted by atomic mass is 19.4. The lowest BCUT2D eigenvalue weighted by Gasteiger charge is -2.33. The number of amides is 6.